The number of nitrogens with zero attached hydrogens (tertiary/aromatic N) is 2. The second-order valence-corrected chi connectivity index (χ2v) is 5.93. The Hall–Kier alpha value is -1.10. The highest BCUT2D eigenvalue weighted by Gasteiger charge is 2.29. The van der Waals surface area contributed by atoms with Gasteiger partial charge in [0.05, 0.1) is 16.0 Å². The molecule has 0 aliphatic carbocycles. The maximum absolute atomic E-state index is 6.00. The summed E-state index contributed by atoms with van der Waals surface area (Å²) in [4.78, 5) is 4.50. The van der Waals surface area contributed by atoms with Crippen LogP contribution in [0.2, 0.25) is 10.0 Å². The predicted molar refractivity (Wildman–Crippen MR) is 78.4 cm³/mol. The van der Waals surface area contributed by atoms with Crippen molar-refractivity contribution in [1.82, 2.24) is 15.5 Å². The molecule has 1 saturated heterocycles. The number of benzene rings is 1. The van der Waals surface area contributed by atoms with E-state index in [2.05, 4.69) is 22.4 Å². The molecule has 2 atom stereocenters. The molecule has 1 aliphatic heterocycles. The Morgan fingerprint density at radius 3 is 2.90 bits per heavy atom. The lowest BCUT2D eigenvalue weighted by molar-refractivity contribution is 0.342. The van der Waals surface area contributed by atoms with Crippen LogP contribution in [0.5, 0.6) is 0 Å². The highest BCUT2D eigenvalue weighted by Crippen LogP contribution is 2.27. The number of halogens is 2. The van der Waals surface area contributed by atoms with E-state index in [9.17, 15) is 0 Å². The van der Waals surface area contributed by atoms with Crippen molar-refractivity contribution < 1.29 is 4.52 Å². The van der Waals surface area contributed by atoms with Gasteiger partial charge in [0.1, 0.15) is 0 Å². The number of rotatable bonds is 3. The van der Waals surface area contributed by atoms with Gasteiger partial charge in [-0.15, -0.1) is 0 Å². The molecule has 4 nitrogen and oxygen atoms in total. The van der Waals surface area contributed by atoms with Gasteiger partial charge in [-0.3, -0.25) is 0 Å². The summed E-state index contributed by atoms with van der Waals surface area (Å²) < 4.78 is 5.38. The van der Waals surface area contributed by atoms with Crippen LogP contribution in [0.3, 0.4) is 0 Å². The maximum Gasteiger partial charge on any atom is 0.231 e. The fraction of sp³-hybridized carbons (Fsp3) is 0.429. The van der Waals surface area contributed by atoms with E-state index < -0.39 is 0 Å². The van der Waals surface area contributed by atoms with E-state index in [0.29, 0.717) is 34.3 Å². The monoisotopic (exact) mass is 311 g/mol. The Kier molecular flexibility index (Phi) is 3.96. The highest BCUT2D eigenvalue weighted by atomic mass is 35.5. The van der Waals surface area contributed by atoms with E-state index in [-0.39, 0.29) is 0 Å². The third kappa shape index (κ3) is 2.82. The lowest BCUT2D eigenvalue weighted by atomic mass is 10.0. The van der Waals surface area contributed by atoms with Gasteiger partial charge in [0.15, 0.2) is 5.82 Å². The molecule has 2 unspecified atom stereocenters. The first-order valence-corrected chi connectivity index (χ1v) is 7.39. The Labute approximate surface area is 127 Å². The van der Waals surface area contributed by atoms with Crippen molar-refractivity contribution in [2.75, 3.05) is 6.54 Å². The maximum atomic E-state index is 6.00. The lowest BCUT2D eigenvalue weighted by Gasteiger charge is -2.08. The van der Waals surface area contributed by atoms with Gasteiger partial charge in [-0.05, 0) is 37.6 Å². The van der Waals surface area contributed by atoms with Gasteiger partial charge in [-0.2, -0.15) is 4.98 Å². The van der Waals surface area contributed by atoms with Crippen molar-refractivity contribution in [3.05, 3.63) is 45.5 Å². The summed E-state index contributed by atoms with van der Waals surface area (Å²) in [7, 11) is 0. The van der Waals surface area contributed by atoms with E-state index in [1.165, 1.54) is 0 Å². The summed E-state index contributed by atoms with van der Waals surface area (Å²) in [6.45, 7) is 3.14. The van der Waals surface area contributed by atoms with Crippen LogP contribution in [0.25, 0.3) is 0 Å². The standard InChI is InChI=1S/C14H15Cl2N3O/c1-8-10(4-5-17-8)14-18-13(19-20-14)7-9-2-3-11(15)12(16)6-9/h2-3,6,8,10,17H,4-5,7H2,1H3. The lowest BCUT2D eigenvalue weighted by Crippen LogP contribution is -2.21. The predicted octanol–water partition coefficient (Wildman–Crippen LogP) is 3.43. The van der Waals surface area contributed by atoms with Crippen molar-refractivity contribution in [2.45, 2.75) is 31.7 Å². The minimum absolute atomic E-state index is 0.310. The van der Waals surface area contributed by atoms with Crippen LogP contribution in [0, 0.1) is 0 Å². The highest BCUT2D eigenvalue weighted by molar-refractivity contribution is 6.42. The fourth-order valence-electron chi connectivity index (χ4n) is 2.52. The number of hydrogen-bond donors (Lipinski definition) is 1. The average molecular weight is 312 g/mol. The van der Waals surface area contributed by atoms with Gasteiger partial charge in [0, 0.05) is 12.5 Å². The minimum Gasteiger partial charge on any atom is -0.339 e. The molecule has 2 aromatic rings. The number of hydrogen-bond acceptors (Lipinski definition) is 4. The first-order valence-electron chi connectivity index (χ1n) is 6.63. The van der Waals surface area contributed by atoms with Crippen LogP contribution >= 0.6 is 23.2 Å². The van der Waals surface area contributed by atoms with Gasteiger partial charge in [0.2, 0.25) is 5.89 Å². The van der Waals surface area contributed by atoms with E-state index in [1.807, 2.05) is 12.1 Å². The second kappa shape index (κ2) is 5.72. The Morgan fingerprint density at radius 1 is 1.35 bits per heavy atom. The SMILES string of the molecule is CC1NCCC1c1nc(Cc2ccc(Cl)c(Cl)c2)no1. The van der Waals surface area contributed by atoms with Crippen molar-refractivity contribution in [3.8, 4) is 0 Å². The van der Waals surface area contributed by atoms with Crippen molar-refractivity contribution >= 4 is 23.2 Å². The molecule has 0 radical (unpaired) electrons. The molecule has 1 aliphatic rings. The zero-order valence-corrected chi connectivity index (χ0v) is 12.6. The summed E-state index contributed by atoms with van der Waals surface area (Å²) in [5.41, 5.74) is 1.02. The number of aromatic nitrogens is 2. The normalized spacial score (nSPS) is 22.4. The summed E-state index contributed by atoms with van der Waals surface area (Å²) in [6, 6.07) is 5.92. The summed E-state index contributed by atoms with van der Waals surface area (Å²) in [5.74, 6) is 1.71. The van der Waals surface area contributed by atoms with Gasteiger partial charge in [-0.25, -0.2) is 0 Å². The molecule has 6 heteroatoms. The van der Waals surface area contributed by atoms with Crippen LogP contribution in [-0.2, 0) is 6.42 Å². The first-order chi connectivity index (χ1) is 9.63. The molecule has 3 rings (SSSR count). The Balaban J connectivity index is 1.75. The molecule has 1 N–H and O–H groups in total. The molecular weight excluding hydrogens is 297 g/mol. The van der Waals surface area contributed by atoms with Gasteiger partial charge in [0.25, 0.3) is 0 Å². The molecular formula is C14H15Cl2N3O. The van der Waals surface area contributed by atoms with Crippen molar-refractivity contribution in [1.29, 1.82) is 0 Å². The molecule has 0 spiro atoms. The molecule has 1 fully saturated rings. The quantitative estimate of drug-likeness (QED) is 0.943. The molecule has 0 bridgehead atoms. The van der Waals surface area contributed by atoms with Crippen LogP contribution in [0.4, 0.5) is 0 Å². The molecule has 0 amide bonds. The Bertz CT molecular complexity index is 614. The van der Waals surface area contributed by atoms with E-state index in [4.69, 9.17) is 27.7 Å². The summed E-state index contributed by atoms with van der Waals surface area (Å²) in [5, 5.41) is 8.53. The van der Waals surface area contributed by atoms with Crippen LogP contribution in [-0.4, -0.2) is 22.7 Å². The summed E-state index contributed by atoms with van der Waals surface area (Å²) in [6.07, 6.45) is 1.63. The largest absolute Gasteiger partial charge is 0.339 e. The van der Waals surface area contributed by atoms with Crippen molar-refractivity contribution in [2.24, 2.45) is 0 Å². The zero-order valence-electron chi connectivity index (χ0n) is 11.1. The van der Waals surface area contributed by atoms with Crippen molar-refractivity contribution in [3.63, 3.8) is 0 Å². The number of nitrogens with one attached hydrogen (secondary N) is 1. The topological polar surface area (TPSA) is 51.0 Å². The third-order valence-corrected chi connectivity index (χ3v) is 4.41. The zero-order chi connectivity index (χ0) is 14.1. The smallest absolute Gasteiger partial charge is 0.231 e. The van der Waals surface area contributed by atoms with E-state index in [0.717, 1.165) is 24.4 Å². The van der Waals surface area contributed by atoms with E-state index >= 15 is 0 Å². The molecule has 1 aromatic carbocycles. The summed E-state index contributed by atoms with van der Waals surface area (Å²) >= 11 is 11.9. The first kappa shape index (κ1) is 13.9. The van der Waals surface area contributed by atoms with Crippen LogP contribution in [0.15, 0.2) is 22.7 Å². The van der Waals surface area contributed by atoms with Gasteiger partial charge in [-0.1, -0.05) is 34.4 Å². The fourth-order valence-corrected chi connectivity index (χ4v) is 2.84. The second-order valence-electron chi connectivity index (χ2n) is 5.11. The molecule has 1 aromatic heterocycles. The third-order valence-electron chi connectivity index (χ3n) is 3.67. The van der Waals surface area contributed by atoms with Crippen LogP contribution < -0.4 is 5.32 Å². The average Bonchev–Trinajstić information content (AvgIpc) is 3.03. The van der Waals surface area contributed by atoms with Crippen LogP contribution in [0.1, 0.15) is 36.5 Å². The Morgan fingerprint density at radius 2 is 2.20 bits per heavy atom. The minimum atomic E-state index is 0.310. The van der Waals surface area contributed by atoms with E-state index in [1.54, 1.807) is 6.07 Å². The van der Waals surface area contributed by atoms with Gasteiger partial charge >= 0.3 is 0 Å². The molecule has 20 heavy (non-hydrogen) atoms. The molecule has 0 saturated carbocycles. The van der Waals surface area contributed by atoms with Gasteiger partial charge < -0.3 is 9.84 Å². The molecule has 106 valence electrons. The molecule has 2 heterocycles.